The van der Waals surface area contributed by atoms with Crippen molar-refractivity contribution in [2.24, 2.45) is 0 Å². The van der Waals surface area contributed by atoms with Crippen LogP contribution in [-0.2, 0) is 6.50 Å². The van der Waals surface area contributed by atoms with Gasteiger partial charge in [0.25, 0.3) is 0 Å². The first-order valence-corrected chi connectivity index (χ1v) is 2.46. The van der Waals surface area contributed by atoms with Crippen molar-refractivity contribution < 1.29 is 16.8 Å². The molecule has 0 fully saturated rings. The van der Waals surface area contributed by atoms with Crippen molar-refractivity contribution >= 4 is 5.97 Å². The largest absolute Gasteiger partial charge is 0.477 e. The first kappa shape index (κ1) is 2.74. The predicted molar refractivity (Wildman–Crippen MR) is 34.9 cm³/mol. The van der Waals surface area contributed by atoms with Crippen molar-refractivity contribution in [2.75, 3.05) is 0 Å². The third kappa shape index (κ3) is 1.00. The highest BCUT2D eigenvalue weighted by molar-refractivity contribution is 5.85. The van der Waals surface area contributed by atoms with Crippen LogP contribution in [0.5, 0.6) is 0 Å². The molecule has 1 heterocycles. The molecule has 0 aliphatic rings. The Labute approximate surface area is 65.1 Å². The third-order valence-corrected chi connectivity index (χ3v) is 0.968. The van der Waals surface area contributed by atoms with E-state index in [1.807, 2.05) is 0 Å². The quantitative estimate of drug-likeness (QED) is 0.663. The molecule has 54 valence electrons. The second-order valence-corrected chi connectivity index (χ2v) is 1.55. The molecule has 4 heteroatoms. The number of rotatable bonds is 2. The van der Waals surface area contributed by atoms with Crippen molar-refractivity contribution in [3.05, 3.63) is 18.0 Å². The highest BCUT2D eigenvalue weighted by atomic mass is 16.4. The highest BCUT2D eigenvalue weighted by Crippen LogP contribution is 1.96. The fourth-order valence-electron chi connectivity index (χ4n) is 0.554. The van der Waals surface area contributed by atoms with Gasteiger partial charge in [-0.1, -0.05) is 0 Å². The van der Waals surface area contributed by atoms with Crippen molar-refractivity contribution in [2.45, 2.75) is 13.3 Å². The molecule has 0 unspecified atom stereocenters. The van der Waals surface area contributed by atoms with Crippen LogP contribution >= 0.6 is 0 Å². The summed E-state index contributed by atoms with van der Waals surface area (Å²) >= 11 is 0. The van der Waals surface area contributed by atoms with Crippen LogP contribution in [0, 0.1) is 0 Å². The molecule has 1 N–H and O–H groups in total. The molecule has 0 aromatic carbocycles. The van der Waals surface area contributed by atoms with Crippen LogP contribution in [0.2, 0.25) is 0 Å². The molecule has 4 nitrogen and oxygen atoms in total. The number of aromatic nitrogens is 2. The first-order chi connectivity index (χ1) is 6.68. The van der Waals surface area contributed by atoms with Crippen LogP contribution in [0.1, 0.15) is 24.2 Å². The van der Waals surface area contributed by atoms with Crippen LogP contribution < -0.4 is 0 Å². The summed E-state index contributed by atoms with van der Waals surface area (Å²) in [4.78, 5) is 10.6. The fraction of sp³-hybridized carbons (Fsp3) is 0.333. The molecule has 0 aliphatic heterocycles. The SMILES string of the molecule is [2H]C([2H])([2H])C([2H])([2H])n1nccc1C(=O)O. The minimum Gasteiger partial charge on any atom is -0.477 e. The van der Waals surface area contributed by atoms with Gasteiger partial charge in [-0.2, -0.15) is 5.10 Å². The number of aryl methyl sites for hydroxylation is 1. The van der Waals surface area contributed by atoms with Gasteiger partial charge in [-0.05, 0) is 12.9 Å². The summed E-state index contributed by atoms with van der Waals surface area (Å²) in [6.45, 7) is -5.83. The Kier molecular flexibility index (Phi) is 0.687. The second kappa shape index (κ2) is 2.51. The summed E-state index contributed by atoms with van der Waals surface area (Å²) in [5, 5.41) is 12.0. The fourth-order valence-corrected chi connectivity index (χ4v) is 0.554. The molecule has 0 bridgehead atoms. The molecular weight excluding hydrogens is 132 g/mol. The van der Waals surface area contributed by atoms with Crippen molar-refractivity contribution in [3.8, 4) is 0 Å². The van der Waals surface area contributed by atoms with Crippen molar-refractivity contribution in [1.29, 1.82) is 0 Å². The minimum atomic E-state index is -2.98. The van der Waals surface area contributed by atoms with E-state index in [1.165, 1.54) is 0 Å². The summed E-state index contributed by atoms with van der Waals surface area (Å²) in [6, 6.07) is 1.03. The number of carboxylic acid groups (broad SMARTS) is 1. The van der Waals surface area contributed by atoms with Gasteiger partial charge in [0.1, 0.15) is 5.69 Å². The van der Waals surface area contributed by atoms with Gasteiger partial charge in [0.05, 0.1) is 2.74 Å². The molecule has 0 amide bonds. The Bertz CT molecular complexity index is 383. The summed E-state index contributed by atoms with van der Waals surface area (Å²) in [7, 11) is 0. The lowest BCUT2D eigenvalue weighted by molar-refractivity contribution is 0.0683. The van der Waals surface area contributed by atoms with Crippen LogP contribution in [0.25, 0.3) is 0 Å². The Morgan fingerprint density at radius 2 is 3.00 bits per heavy atom. The van der Waals surface area contributed by atoms with Crippen LogP contribution in [0.4, 0.5) is 0 Å². The number of nitrogens with zero attached hydrogens (tertiary/aromatic N) is 2. The Balaban J connectivity index is 3.27. The topological polar surface area (TPSA) is 55.1 Å². The number of carboxylic acids is 1. The number of hydrogen-bond donors (Lipinski definition) is 1. The average Bonchev–Trinajstić information content (AvgIpc) is 2.48. The van der Waals surface area contributed by atoms with E-state index >= 15 is 0 Å². The molecule has 0 aliphatic carbocycles. The zero-order valence-electron chi connectivity index (χ0n) is 9.90. The number of hydrogen-bond acceptors (Lipinski definition) is 2. The van der Waals surface area contributed by atoms with Gasteiger partial charge in [0, 0.05) is 16.8 Å². The van der Waals surface area contributed by atoms with Crippen molar-refractivity contribution in [1.82, 2.24) is 9.78 Å². The highest BCUT2D eigenvalue weighted by Gasteiger charge is 2.06. The number of aromatic carboxylic acids is 1. The second-order valence-electron chi connectivity index (χ2n) is 1.55. The summed E-state index contributed by atoms with van der Waals surface area (Å²) in [6.07, 6.45) is 1.03. The predicted octanol–water partition coefficient (Wildman–Crippen LogP) is 0.601. The molecule has 0 atom stereocenters. The molecule has 1 rings (SSSR count). The maximum absolute atomic E-state index is 10.6. The smallest absolute Gasteiger partial charge is 0.354 e. The Morgan fingerprint density at radius 3 is 3.60 bits per heavy atom. The summed E-state index contributed by atoms with van der Waals surface area (Å²) in [5.74, 6) is -1.43. The van der Waals surface area contributed by atoms with Crippen LogP contribution in [0.15, 0.2) is 12.3 Å². The van der Waals surface area contributed by atoms with E-state index in [0.717, 1.165) is 12.3 Å². The zero-order chi connectivity index (χ0) is 11.9. The van der Waals surface area contributed by atoms with E-state index in [-0.39, 0.29) is 0 Å². The van der Waals surface area contributed by atoms with Gasteiger partial charge in [-0.15, -0.1) is 0 Å². The van der Waals surface area contributed by atoms with Gasteiger partial charge < -0.3 is 5.11 Å². The lowest BCUT2D eigenvalue weighted by Gasteiger charge is -1.96. The van der Waals surface area contributed by atoms with E-state index < -0.39 is 25.0 Å². The molecule has 0 radical (unpaired) electrons. The monoisotopic (exact) mass is 145 g/mol. The lowest BCUT2D eigenvalue weighted by Crippen LogP contribution is -2.07. The molecule has 0 saturated carbocycles. The van der Waals surface area contributed by atoms with E-state index in [0.29, 0.717) is 4.68 Å². The van der Waals surface area contributed by atoms with Gasteiger partial charge in [0.15, 0.2) is 0 Å². The van der Waals surface area contributed by atoms with Gasteiger partial charge in [-0.3, -0.25) is 4.68 Å². The lowest BCUT2D eigenvalue weighted by atomic mass is 10.4. The Hall–Kier alpha value is -1.32. The van der Waals surface area contributed by atoms with Crippen LogP contribution in [-0.4, -0.2) is 20.9 Å². The molecule has 1 aromatic rings. The molecule has 0 saturated heterocycles. The van der Waals surface area contributed by atoms with E-state index in [9.17, 15) is 4.79 Å². The standard InChI is InChI=1S/C6H8N2O2/c1-2-8-5(6(9)10)3-4-7-8/h3-4H,2H2,1H3,(H,9,10)/i1D3,2D2. The van der Waals surface area contributed by atoms with E-state index in [2.05, 4.69) is 5.10 Å². The summed E-state index contributed by atoms with van der Waals surface area (Å²) in [5.41, 5.74) is -0.504. The molecule has 1 aromatic heterocycles. The van der Waals surface area contributed by atoms with Gasteiger partial charge in [0.2, 0.25) is 0 Å². The molecular formula is C6H8N2O2. The first-order valence-electron chi connectivity index (χ1n) is 4.96. The van der Waals surface area contributed by atoms with E-state index in [4.69, 9.17) is 12.0 Å². The molecule has 10 heavy (non-hydrogen) atoms. The van der Waals surface area contributed by atoms with E-state index in [1.54, 1.807) is 0 Å². The van der Waals surface area contributed by atoms with Gasteiger partial charge >= 0.3 is 5.97 Å². The minimum absolute atomic E-state index is 0.350. The maximum Gasteiger partial charge on any atom is 0.354 e. The van der Waals surface area contributed by atoms with Crippen LogP contribution in [0.3, 0.4) is 0 Å². The summed E-state index contributed by atoms with van der Waals surface area (Å²) < 4.78 is 35.8. The zero-order valence-corrected chi connectivity index (χ0v) is 4.90. The van der Waals surface area contributed by atoms with Gasteiger partial charge in [-0.25, -0.2) is 4.79 Å². The third-order valence-electron chi connectivity index (χ3n) is 0.968. The normalized spacial score (nSPS) is 19.8. The number of carbonyl (C=O) groups is 1. The maximum atomic E-state index is 10.6. The van der Waals surface area contributed by atoms with Crippen molar-refractivity contribution in [3.63, 3.8) is 0 Å². The average molecular weight is 145 g/mol. The molecule has 0 spiro atoms. The Morgan fingerprint density at radius 1 is 2.20 bits per heavy atom.